The molecule has 0 saturated heterocycles. The third-order valence-corrected chi connectivity index (χ3v) is 7.89. The second kappa shape index (κ2) is 24.0. The van der Waals surface area contributed by atoms with Crippen LogP contribution >= 0.6 is 0 Å². The largest absolute Gasteiger partial charge is 0.481 e. The van der Waals surface area contributed by atoms with Crippen molar-refractivity contribution in [1.29, 1.82) is 0 Å². The first kappa shape index (κ1) is 45.8. The Kier molecular flexibility index (Phi) is 21.6. The highest BCUT2D eigenvalue weighted by atomic mass is 16.4. The molecule has 0 aromatic carbocycles. The second-order valence-electron chi connectivity index (χ2n) is 12.1. The quantitative estimate of drug-likeness (QED) is 0.0243. The van der Waals surface area contributed by atoms with Gasteiger partial charge in [-0.1, -0.05) is 40.5 Å². The molecule has 0 saturated carbocycles. The van der Waals surface area contributed by atoms with E-state index in [1.165, 1.54) is 0 Å². The molecule has 0 aromatic rings. The standard InChI is InChI=1S/C30H56N12O9/c1-5-15(3)22(27(50)38-14-21(45)46)42-25(48)18(10-8-12-37-30(34)35)39-26(49)19(13-20(43)44)40-28(51)23(16(4)6-2)41-24(47)17(31)9-7-11-36-29(32)33/h15-19,22-23H,5-14,31H2,1-4H3,(H,38,50)(H,39,49)(H,40,51)(H,41,47)(H,42,48)(H,43,44)(H,45,46)(H4,32,33,36)(H4,34,35,37)/t15-,16-,17-,18-,19-,22-,23-/m0/s1. The zero-order chi connectivity index (χ0) is 39.3. The molecule has 0 radical (unpaired) electrons. The van der Waals surface area contributed by atoms with Gasteiger partial charge in [-0.15, -0.1) is 0 Å². The third kappa shape index (κ3) is 18.9. The fourth-order valence-electron chi connectivity index (χ4n) is 4.53. The van der Waals surface area contributed by atoms with Crippen LogP contribution < -0.4 is 55.3 Å². The van der Waals surface area contributed by atoms with Gasteiger partial charge in [0.2, 0.25) is 29.5 Å². The van der Waals surface area contributed by atoms with E-state index in [2.05, 4.69) is 36.6 Å². The van der Waals surface area contributed by atoms with Gasteiger partial charge in [-0.25, -0.2) is 0 Å². The summed E-state index contributed by atoms with van der Waals surface area (Å²) in [4.78, 5) is 96.6. The Hall–Kier alpha value is -5.21. The number of hydrogen-bond acceptors (Lipinski definition) is 10. The van der Waals surface area contributed by atoms with Crippen molar-refractivity contribution in [1.82, 2.24) is 26.6 Å². The van der Waals surface area contributed by atoms with E-state index in [1.807, 2.05) is 0 Å². The molecule has 0 heterocycles. The van der Waals surface area contributed by atoms with E-state index in [9.17, 15) is 38.7 Å². The van der Waals surface area contributed by atoms with E-state index in [0.717, 1.165) is 0 Å². The summed E-state index contributed by atoms with van der Waals surface area (Å²) < 4.78 is 0. The van der Waals surface area contributed by atoms with Gasteiger partial charge in [-0.3, -0.25) is 43.5 Å². The first-order chi connectivity index (χ1) is 23.8. The number of carbonyl (C=O) groups is 7. The highest BCUT2D eigenvalue weighted by molar-refractivity contribution is 5.97. The summed E-state index contributed by atoms with van der Waals surface area (Å²) in [5, 5.41) is 30.7. The molecule has 0 aliphatic heterocycles. The lowest BCUT2D eigenvalue weighted by Gasteiger charge is -2.29. The van der Waals surface area contributed by atoms with Crippen LogP contribution in [0, 0.1) is 11.8 Å². The highest BCUT2D eigenvalue weighted by Crippen LogP contribution is 2.12. The number of aliphatic carboxylic acids is 2. The van der Waals surface area contributed by atoms with E-state index < -0.39 is 96.5 Å². The van der Waals surface area contributed by atoms with Gasteiger partial charge in [-0.05, 0) is 37.5 Å². The molecule has 0 fully saturated rings. The number of amides is 5. The number of nitrogens with one attached hydrogen (secondary N) is 5. The van der Waals surface area contributed by atoms with Gasteiger partial charge in [0, 0.05) is 13.1 Å². The normalized spacial score (nSPS) is 14.8. The number of aliphatic imine (C=N–C) groups is 2. The fraction of sp³-hybridized carbons (Fsp3) is 0.700. The minimum Gasteiger partial charge on any atom is -0.481 e. The number of rotatable bonds is 25. The first-order valence-electron chi connectivity index (χ1n) is 16.6. The maximum absolute atomic E-state index is 13.5. The molecule has 0 aromatic heterocycles. The van der Waals surface area contributed by atoms with Crippen LogP contribution in [0.15, 0.2) is 9.98 Å². The summed E-state index contributed by atoms with van der Waals surface area (Å²) in [5.74, 6) is -8.22. The lowest BCUT2D eigenvalue weighted by molar-refractivity contribution is -0.141. The summed E-state index contributed by atoms with van der Waals surface area (Å²) in [6.45, 7) is 6.42. The zero-order valence-electron chi connectivity index (χ0n) is 29.6. The monoisotopic (exact) mass is 728 g/mol. The van der Waals surface area contributed by atoms with Gasteiger partial charge in [0.25, 0.3) is 0 Å². The van der Waals surface area contributed by atoms with Crippen molar-refractivity contribution in [2.45, 2.75) is 103 Å². The first-order valence-corrected chi connectivity index (χ1v) is 16.6. The summed E-state index contributed by atoms with van der Waals surface area (Å²) in [6.07, 6.45) is 0.559. The van der Waals surface area contributed by atoms with E-state index in [4.69, 9.17) is 33.8 Å². The molecule has 0 rings (SSSR count). The van der Waals surface area contributed by atoms with Crippen LogP contribution in [-0.4, -0.2) is 113 Å². The summed E-state index contributed by atoms with van der Waals surface area (Å²) >= 11 is 0. The van der Waals surface area contributed by atoms with E-state index >= 15 is 0 Å². The molecule has 0 bridgehead atoms. The van der Waals surface area contributed by atoms with Gasteiger partial charge in [0.15, 0.2) is 11.9 Å². The van der Waals surface area contributed by atoms with Crippen LogP contribution in [-0.2, 0) is 33.6 Å². The average molecular weight is 729 g/mol. The molecule has 21 heteroatoms. The van der Waals surface area contributed by atoms with Crippen molar-refractivity contribution in [2.75, 3.05) is 19.6 Å². The lowest BCUT2D eigenvalue weighted by atomic mass is 9.96. The smallest absolute Gasteiger partial charge is 0.322 e. The zero-order valence-corrected chi connectivity index (χ0v) is 29.6. The van der Waals surface area contributed by atoms with Crippen molar-refractivity contribution in [3.05, 3.63) is 0 Å². The average Bonchev–Trinajstić information content (AvgIpc) is 3.06. The summed E-state index contributed by atoms with van der Waals surface area (Å²) in [5.41, 5.74) is 27.3. The molecule has 51 heavy (non-hydrogen) atoms. The molecule has 0 aliphatic carbocycles. The number of carboxylic acid groups (broad SMARTS) is 2. The number of nitrogens with two attached hydrogens (primary N) is 5. The minimum absolute atomic E-state index is 0.0534. The Morgan fingerprint density at radius 1 is 0.608 bits per heavy atom. The molecular formula is C30H56N12O9. The van der Waals surface area contributed by atoms with Crippen LogP contribution in [0.25, 0.3) is 0 Å². The van der Waals surface area contributed by atoms with E-state index in [-0.39, 0.29) is 44.3 Å². The maximum Gasteiger partial charge on any atom is 0.322 e. The number of hydrogen-bond donors (Lipinski definition) is 12. The molecule has 21 nitrogen and oxygen atoms in total. The Morgan fingerprint density at radius 3 is 1.53 bits per heavy atom. The number of carbonyl (C=O) groups excluding carboxylic acids is 5. The SMILES string of the molecule is CC[C@H](C)[C@H](NC(=O)[C@H](CCCN=C(N)N)NC(=O)[C@H](CC(=O)O)NC(=O)[C@@H](NC(=O)[C@@H](N)CCCN=C(N)N)[C@@H](C)CC)C(=O)NCC(=O)O. The van der Waals surface area contributed by atoms with Crippen molar-refractivity contribution < 1.29 is 43.8 Å². The molecular weight excluding hydrogens is 672 g/mol. The molecule has 7 atom stereocenters. The predicted molar refractivity (Wildman–Crippen MR) is 187 cm³/mol. The molecule has 0 aliphatic rings. The van der Waals surface area contributed by atoms with Gasteiger partial charge in [0.1, 0.15) is 30.7 Å². The topological polar surface area (TPSA) is 375 Å². The number of nitrogens with zero attached hydrogens (tertiary/aromatic N) is 2. The molecule has 17 N–H and O–H groups in total. The van der Waals surface area contributed by atoms with Gasteiger partial charge < -0.3 is 65.5 Å². The van der Waals surface area contributed by atoms with Crippen molar-refractivity contribution >= 4 is 53.4 Å². The van der Waals surface area contributed by atoms with Crippen LogP contribution in [0.1, 0.15) is 72.6 Å². The van der Waals surface area contributed by atoms with Crippen molar-refractivity contribution in [3.8, 4) is 0 Å². The fourth-order valence-corrected chi connectivity index (χ4v) is 4.53. The highest BCUT2D eigenvalue weighted by Gasteiger charge is 2.35. The van der Waals surface area contributed by atoms with Crippen LogP contribution in [0.2, 0.25) is 0 Å². The van der Waals surface area contributed by atoms with Crippen molar-refractivity contribution in [3.63, 3.8) is 0 Å². The van der Waals surface area contributed by atoms with E-state index in [0.29, 0.717) is 19.3 Å². The van der Waals surface area contributed by atoms with Crippen LogP contribution in [0.3, 0.4) is 0 Å². The van der Waals surface area contributed by atoms with Gasteiger partial charge in [0.05, 0.1) is 12.5 Å². The van der Waals surface area contributed by atoms with Gasteiger partial charge >= 0.3 is 11.9 Å². The summed E-state index contributed by atoms with van der Waals surface area (Å²) in [7, 11) is 0. The van der Waals surface area contributed by atoms with Crippen molar-refractivity contribution in [2.24, 2.45) is 50.5 Å². The lowest BCUT2D eigenvalue weighted by Crippen LogP contribution is -2.60. The minimum atomic E-state index is -1.70. The number of guanidine groups is 2. The Bertz CT molecular complexity index is 1250. The predicted octanol–water partition coefficient (Wildman–Crippen LogP) is -3.87. The molecule has 5 amide bonds. The van der Waals surface area contributed by atoms with E-state index in [1.54, 1.807) is 27.7 Å². The van der Waals surface area contributed by atoms with Crippen LogP contribution in [0.4, 0.5) is 0 Å². The second-order valence-corrected chi connectivity index (χ2v) is 12.1. The summed E-state index contributed by atoms with van der Waals surface area (Å²) in [6, 6.07) is -6.51. The third-order valence-electron chi connectivity index (χ3n) is 7.89. The molecule has 0 unspecified atom stereocenters. The maximum atomic E-state index is 13.5. The molecule has 290 valence electrons. The Morgan fingerprint density at radius 2 is 1.06 bits per heavy atom. The van der Waals surface area contributed by atoms with Crippen LogP contribution in [0.5, 0.6) is 0 Å². The number of carboxylic acids is 2. The Balaban J connectivity index is 6.17. The molecule has 0 spiro atoms. The van der Waals surface area contributed by atoms with Gasteiger partial charge in [-0.2, -0.15) is 0 Å². The Labute approximate surface area is 296 Å².